The van der Waals surface area contributed by atoms with Crippen molar-refractivity contribution in [1.29, 1.82) is 0 Å². The summed E-state index contributed by atoms with van der Waals surface area (Å²) in [7, 11) is 1.68. The molecule has 0 saturated carbocycles. The number of hydrogen-bond donors (Lipinski definition) is 2. The van der Waals surface area contributed by atoms with E-state index in [9.17, 15) is 0 Å². The molecule has 0 fully saturated rings. The van der Waals surface area contributed by atoms with E-state index in [0.717, 1.165) is 22.8 Å². The van der Waals surface area contributed by atoms with Gasteiger partial charge in [-0.15, -0.1) is 5.10 Å². The van der Waals surface area contributed by atoms with Crippen molar-refractivity contribution in [2.24, 2.45) is 0 Å². The Morgan fingerprint density at radius 1 is 1.13 bits per heavy atom. The Balaban J connectivity index is 1.62. The Morgan fingerprint density at radius 3 is 2.70 bits per heavy atom. The summed E-state index contributed by atoms with van der Waals surface area (Å²) in [6.45, 7) is 2.06. The van der Waals surface area contributed by atoms with Gasteiger partial charge >= 0.3 is 0 Å². The van der Waals surface area contributed by atoms with E-state index >= 15 is 0 Å². The fourth-order valence-corrected chi connectivity index (χ4v) is 2.89. The zero-order valence-electron chi connectivity index (χ0n) is 13.0. The third kappa shape index (κ3) is 4.04. The molecule has 0 unspecified atom stereocenters. The predicted molar refractivity (Wildman–Crippen MR) is 93.4 cm³/mol. The summed E-state index contributed by atoms with van der Waals surface area (Å²) in [5.41, 5.74) is 3.33. The van der Waals surface area contributed by atoms with Gasteiger partial charge in [0.2, 0.25) is 11.1 Å². The molecule has 2 aromatic carbocycles. The maximum absolute atomic E-state index is 5.35. The van der Waals surface area contributed by atoms with Crippen molar-refractivity contribution in [3.05, 3.63) is 59.7 Å². The van der Waals surface area contributed by atoms with Crippen LogP contribution in [-0.4, -0.2) is 22.3 Å². The lowest BCUT2D eigenvalue weighted by Gasteiger charge is -2.06. The number of thioether (sulfide) groups is 1. The largest absolute Gasteiger partial charge is 0.496 e. The number of nitrogens with zero attached hydrogens (tertiary/aromatic N) is 2. The molecule has 1 heterocycles. The number of para-hydroxylation sites is 1. The first-order valence-corrected chi connectivity index (χ1v) is 8.24. The molecule has 0 spiro atoms. The van der Waals surface area contributed by atoms with E-state index < -0.39 is 0 Å². The highest BCUT2D eigenvalue weighted by molar-refractivity contribution is 7.98. The minimum Gasteiger partial charge on any atom is -0.496 e. The molecule has 0 bridgehead atoms. The van der Waals surface area contributed by atoms with Gasteiger partial charge in [-0.3, -0.25) is 0 Å². The van der Waals surface area contributed by atoms with Crippen molar-refractivity contribution in [2.45, 2.75) is 17.8 Å². The molecular weight excluding hydrogens is 308 g/mol. The first kappa shape index (κ1) is 15.4. The average molecular weight is 326 g/mol. The van der Waals surface area contributed by atoms with E-state index in [0.29, 0.717) is 11.1 Å². The van der Waals surface area contributed by atoms with Crippen LogP contribution in [0.5, 0.6) is 5.75 Å². The lowest BCUT2D eigenvalue weighted by Crippen LogP contribution is -1.92. The molecule has 118 valence electrons. The van der Waals surface area contributed by atoms with E-state index in [1.165, 1.54) is 5.56 Å². The van der Waals surface area contributed by atoms with E-state index in [1.54, 1.807) is 18.9 Å². The second-order valence-corrected chi connectivity index (χ2v) is 6.00. The Morgan fingerprint density at radius 2 is 1.91 bits per heavy atom. The highest BCUT2D eigenvalue weighted by Gasteiger charge is 2.07. The van der Waals surface area contributed by atoms with Crippen LogP contribution in [0.25, 0.3) is 0 Å². The Hall–Kier alpha value is -2.47. The lowest BCUT2D eigenvalue weighted by molar-refractivity contribution is 0.411. The number of aryl methyl sites for hydroxylation is 1. The van der Waals surface area contributed by atoms with Crippen LogP contribution in [0.15, 0.2) is 53.7 Å². The quantitative estimate of drug-likeness (QED) is 0.666. The van der Waals surface area contributed by atoms with Crippen molar-refractivity contribution in [1.82, 2.24) is 15.2 Å². The van der Waals surface area contributed by atoms with Gasteiger partial charge in [0.1, 0.15) is 5.75 Å². The van der Waals surface area contributed by atoms with E-state index in [1.807, 2.05) is 36.4 Å². The zero-order chi connectivity index (χ0) is 16.1. The van der Waals surface area contributed by atoms with Gasteiger partial charge in [-0.05, 0) is 25.1 Å². The molecular formula is C17H18N4OS. The second-order valence-electron chi connectivity index (χ2n) is 5.06. The number of anilines is 2. The summed E-state index contributed by atoms with van der Waals surface area (Å²) in [5, 5.41) is 11.0. The summed E-state index contributed by atoms with van der Waals surface area (Å²) >= 11 is 1.56. The minimum absolute atomic E-state index is 0.636. The fraction of sp³-hybridized carbons (Fsp3) is 0.176. The van der Waals surface area contributed by atoms with Crippen LogP contribution in [0.1, 0.15) is 11.1 Å². The van der Waals surface area contributed by atoms with Gasteiger partial charge in [0, 0.05) is 17.0 Å². The number of methoxy groups -OCH3 is 1. The maximum Gasteiger partial charge on any atom is 0.223 e. The predicted octanol–water partition coefficient (Wildman–Crippen LogP) is 4.16. The summed E-state index contributed by atoms with van der Waals surface area (Å²) in [4.78, 5) is 4.44. The number of hydrogen-bond acceptors (Lipinski definition) is 5. The second kappa shape index (κ2) is 7.19. The number of nitrogens with one attached hydrogen (secondary N) is 2. The number of ether oxygens (including phenoxy) is 1. The van der Waals surface area contributed by atoms with Crippen molar-refractivity contribution in [3.63, 3.8) is 0 Å². The zero-order valence-corrected chi connectivity index (χ0v) is 13.9. The van der Waals surface area contributed by atoms with E-state index in [2.05, 4.69) is 39.6 Å². The summed E-state index contributed by atoms with van der Waals surface area (Å²) in [6, 6.07) is 16.1. The van der Waals surface area contributed by atoms with Crippen molar-refractivity contribution in [3.8, 4) is 5.75 Å². The Labute approximate surface area is 139 Å². The molecule has 0 atom stereocenters. The number of aromatic amines is 1. The molecule has 2 N–H and O–H groups in total. The highest BCUT2D eigenvalue weighted by Crippen LogP contribution is 2.26. The van der Waals surface area contributed by atoms with Crippen LogP contribution < -0.4 is 10.1 Å². The SMILES string of the molecule is COc1ccccc1CSc1n[nH]c(Nc2ccc(C)cc2)n1. The van der Waals surface area contributed by atoms with Gasteiger partial charge in [0.15, 0.2) is 0 Å². The van der Waals surface area contributed by atoms with Crippen LogP contribution in [0.2, 0.25) is 0 Å². The van der Waals surface area contributed by atoms with Crippen molar-refractivity contribution >= 4 is 23.4 Å². The monoisotopic (exact) mass is 326 g/mol. The van der Waals surface area contributed by atoms with E-state index in [-0.39, 0.29) is 0 Å². The topological polar surface area (TPSA) is 62.8 Å². The van der Waals surface area contributed by atoms with Crippen LogP contribution >= 0.6 is 11.8 Å². The molecule has 0 aliphatic rings. The maximum atomic E-state index is 5.35. The Kier molecular flexibility index (Phi) is 4.83. The molecule has 0 amide bonds. The molecule has 1 aromatic heterocycles. The van der Waals surface area contributed by atoms with Gasteiger partial charge in [0.05, 0.1) is 7.11 Å². The number of H-pyrrole nitrogens is 1. The first-order chi connectivity index (χ1) is 11.2. The van der Waals surface area contributed by atoms with Gasteiger partial charge in [-0.2, -0.15) is 4.98 Å². The molecule has 0 aliphatic heterocycles. The number of aromatic nitrogens is 3. The van der Waals surface area contributed by atoms with Gasteiger partial charge in [-0.1, -0.05) is 47.7 Å². The van der Waals surface area contributed by atoms with E-state index in [4.69, 9.17) is 4.74 Å². The van der Waals surface area contributed by atoms with Crippen molar-refractivity contribution in [2.75, 3.05) is 12.4 Å². The molecule has 6 heteroatoms. The minimum atomic E-state index is 0.636. The molecule has 0 radical (unpaired) electrons. The lowest BCUT2D eigenvalue weighted by atomic mass is 10.2. The van der Waals surface area contributed by atoms with Crippen LogP contribution in [0.3, 0.4) is 0 Å². The molecule has 23 heavy (non-hydrogen) atoms. The third-order valence-corrected chi connectivity index (χ3v) is 4.22. The molecule has 5 nitrogen and oxygen atoms in total. The van der Waals surface area contributed by atoms with Crippen LogP contribution in [0, 0.1) is 6.92 Å². The Bertz CT molecular complexity index is 770. The number of benzene rings is 2. The normalized spacial score (nSPS) is 10.5. The molecule has 0 saturated heterocycles. The smallest absolute Gasteiger partial charge is 0.223 e. The third-order valence-electron chi connectivity index (χ3n) is 3.33. The van der Waals surface area contributed by atoms with Gasteiger partial charge < -0.3 is 10.1 Å². The van der Waals surface area contributed by atoms with Gasteiger partial charge in [0.25, 0.3) is 0 Å². The summed E-state index contributed by atoms with van der Waals surface area (Å²) in [5.74, 6) is 2.27. The average Bonchev–Trinajstić information content (AvgIpc) is 3.03. The van der Waals surface area contributed by atoms with Crippen molar-refractivity contribution < 1.29 is 4.74 Å². The van der Waals surface area contributed by atoms with Crippen LogP contribution in [0.4, 0.5) is 11.6 Å². The summed E-state index contributed by atoms with van der Waals surface area (Å²) in [6.07, 6.45) is 0. The fourth-order valence-electron chi connectivity index (χ4n) is 2.10. The number of rotatable bonds is 6. The standard InChI is InChI=1S/C17H18N4OS/c1-12-7-9-14(10-8-12)18-16-19-17(21-20-16)23-11-13-5-3-4-6-15(13)22-2/h3-10H,11H2,1-2H3,(H2,18,19,20,21). The van der Waals surface area contributed by atoms with Gasteiger partial charge in [-0.25, -0.2) is 5.10 Å². The van der Waals surface area contributed by atoms with Crippen LogP contribution in [-0.2, 0) is 5.75 Å². The molecule has 0 aliphatic carbocycles. The highest BCUT2D eigenvalue weighted by atomic mass is 32.2. The molecule has 3 rings (SSSR count). The first-order valence-electron chi connectivity index (χ1n) is 7.25. The summed E-state index contributed by atoms with van der Waals surface area (Å²) < 4.78 is 5.35. The molecule has 3 aromatic rings.